The molecule has 2 N–H and O–H groups in total. The summed E-state index contributed by atoms with van der Waals surface area (Å²) in [5.74, 6) is 1.18. The highest BCUT2D eigenvalue weighted by Gasteiger charge is 2.56. The van der Waals surface area contributed by atoms with Crippen LogP contribution in [0.15, 0.2) is 18.2 Å². The van der Waals surface area contributed by atoms with Gasteiger partial charge in [0.25, 0.3) is 0 Å². The van der Waals surface area contributed by atoms with Crippen molar-refractivity contribution in [2.24, 2.45) is 11.7 Å². The van der Waals surface area contributed by atoms with E-state index in [1.165, 1.54) is 6.07 Å². The molecule has 2 aliphatic rings. The summed E-state index contributed by atoms with van der Waals surface area (Å²) in [6, 6.07) is 4.80. The highest BCUT2D eigenvalue weighted by atomic mass is 19.1. The third kappa shape index (κ3) is 1.19. The van der Waals surface area contributed by atoms with Gasteiger partial charge in [0, 0.05) is 11.0 Å². The van der Waals surface area contributed by atoms with Crippen LogP contribution in [0.5, 0.6) is 5.75 Å². The van der Waals surface area contributed by atoms with E-state index in [1.54, 1.807) is 12.1 Å². The van der Waals surface area contributed by atoms with Gasteiger partial charge in [-0.25, -0.2) is 4.39 Å². The molecule has 1 fully saturated rings. The van der Waals surface area contributed by atoms with E-state index in [0.29, 0.717) is 12.5 Å². The fraction of sp³-hybridized carbons (Fsp3) is 0.500. The largest absolute Gasteiger partial charge is 0.493 e. The Balaban J connectivity index is 2.07. The predicted octanol–water partition coefficient (Wildman–Crippen LogP) is 1.82. The van der Waals surface area contributed by atoms with Gasteiger partial charge in [0.1, 0.15) is 11.6 Å². The van der Waals surface area contributed by atoms with Gasteiger partial charge in [0.05, 0.1) is 6.61 Å². The fourth-order valence-electron chi connectivity index (χ4n) is 2.82. The lowest BCUT2D eigenvalue weighted by atomic mass is 9.87. The molecular weight excluding hydrogens is 193 g/mol. The first-order valence-corrected chi connectivity index (χ1v) is 5.39. The molecule has 1 heterocycles. The average Bonchev–Trinajstić information content (AvgIpc) is 2.94. The molecule has 1 saturated carbocycles. The average molecular weight is 207 g/mol. The number of hydrogen-bond acceptors (Lipinski definition) is 2. The molecule has 2 nitrogen and oxygen atoms in total. The Morgan fingerprint density at radius 2 is 2.40 bits per heavy atom. The van der Waals surface area contributed by atoms with Gasteiger partial charge in [-0.2, -0.15) is 0 Å². The maximum Gasteiger partial charge on any atom is 0.123 e. The van der Waals surface area contributed by atoms with Crippen molar-refractivity contribution in [1.82, 2.24) is 0 Å². The molecule has 3 heteroatoms. The third-order valence-electron chi connectivity index (χ3n) is 3.80. The Labute approximate surface area is 88.2 Å². The second-order valence-electron chi connectivity index (χ2n) is 4.53. The maximum atomic E-state index is 13.2. The molecule has 0 radical (unpaired) electrons. The van der Waals surface area contributed by atoms with Crippen LogP contribution in [-0.2, 0) is 5.41 Å². The molecular formula is C12H14FNO. The van der Waals surface area contributed by atoms with Crippen LogP contribution in [0.25, 0.3) is 0 Å². The van der Waals surface area contributed by atoms with Crippen LogP contribution in [0, 0.1) is 11.7 Å². The molecule has 1 spiro atoms. The van der Waals surface area contributed by atoms with Crippen molar-refractivity contribution in [3.05, 3.63) is 29.6 Å². The normalized spacial score (nSPS) is 32.3. The Morgan fingerprint density at radius 1 is 1.53 bits per heavy atom. The van der Waals surface area contributed by atoms with E-state index in [0.717, 1.165) is 30.8 Å². The lowest BCUT2D eigenvalue weighted by molar-refractivity contribution is 0.253. The first kappa shape index (κ1) is 9.16. The zero-order valence-corrected chi connectivity index (χ0v) is 8.50. The van der Waals surface area contributed by atoms with Crippen molar-refractivity contribution in [3.8, 4) is 5.75 Å². The molecule has 1 aromatic carbocycles. The highest BCUT2D eigenvalue weighted by Crippen LogP contribution is 2.60. The first-order chi connectivity index (χ1) is 7.26. The van der Waals surface area contributed by atoms with Crippen molar-refractivity contribution in [2.75, 3.05) is 13.2 Å². The van der Waals surface area contributed by atoms with E-state index in [4.69, 9.17) is 10.5 Å². The van der Waals surface area contributed by atoms with Gasteiger partial charge in [-0.15, -0.1) is 0 Å². The number of ether oxygens (including phenoxy) is 1. The molecule has 3 rings (SSSR count). The van der Waals surface area contributed by atoms with Crippen molar-refractivity contribution < 1.29 is 9.13 Å². The summed E-state index contributed by atoms with van der Waals surface area (Å²) in [4.78, 5) is 0. The standard InChI is InChI=1S/C12H14FNO/c13-9-1-2-11-10(5-9)12(3-4-15-11)6-8(12)7-14/h1-2,5,8H,3-4,6-7,14H2/t8-,12-/m1/s1. The lowest BCUT2D eigenvalue weighted by Crippen LogP contribution is -2.24. The Kier molecular flexibility index (Phi) is 1.80. The van der Waals surface area contributed by atoms with Crippen LogP contribution in [0.2, 0.25) is 0 Å². The second kappa shape index (κ2) is 2.95. The summed E-state index contributed by atoms with van der Waals surface area (Å²) in [6.45, 7) is 1.42. The minimum Gasteiger partial charge on any atom is -0.493 e. The molecule has 0 aromatic heterocycles. The Hall–Kier alpha value is -1.09. The first-order valence-electron chi connectivity index (χ1n) is 5.39. The van der Waals surface area contributed by atoms with E-state index >= 15 is 0 Å². The minimum atomic E-state index is -0.179. The van der Waals surface area contributed by atoms with Crippen molar-refractivity contribution in [1.29, 1.82) is 0 Å². The van der Waals surface area contributed by atoms with Gasteiger partial charge in [0.15, 0.2) is 0 Å². The van der Waals surface area contributed by atoms with Crippen molar-refractivity contribution >= 4 is 0 Å². The smallest absolute Gasteiger partial charge is 0.123 e. The Bertz CT molecular complexity index is 407. The second-order valence-corrected chi connectivity index (χ2v) is 4.53. The quantitative estimate of drug-likeness (QED) is 0.762. The van der Waals surface area contributed by atoms with Gasteiger partial charge in [-0.1, -0.05) is 0 Å². The molecule has 1 aliphatic carbocycles. The summed E-state index contributed by atoms with van der Waals surface area (Å²) in [5, 5.41) is 0. The molecule has 0 bridgehead atoms. The van der Waals surface area contributed by atoms with Crippen LogP contribution in [0.1, 0.15) is 18.4 Å². The van der Waals surface area contributed by atoms with E-state index < -0.39 is 0 Å². The summed E-state index contributed by atoms with van der Waals surface area (Å²) >= 11 is 0. The molecule has 0 amide bonds. The zero-order chi connectivity index (χ0) is 10.5. The van der Waals surface area contributed by atoms with Gasteiger partial charge in [0.2, 0.25) is 0 Å². The minimum absolute atomic E-state index is 0.129. The summed E-state index contributed by atoms with van der Waals surface area (Å²) < 4.78 is 18.7. The molecule has 1 aromatic rings. The number of fused-ring (bicyclic) bond motifs is 2. The van der Waals surface area contributed by atoms with E-state index in [1.807, 2.05) is 0 Å². The number of rotatable bonds is 1. The van der Waals surface area contributed by atoms with Crippen LogP contribution in [0.3, 0.4) is 0 Å². The summed E-state index contributed by atoms with van der Waals surface area (Å²) in [7, 11) is 0. The molecule has 0 saturated heterocycles. The number of nitrogens with two attached hydrogens (primary N) is 1. The molecule has 1 aliphatic heterocycles. The third-order valence-corrected chi connectivity index (χ3v) is 3.80. The van der Waals surface area contributed by atoms with Crippen LogP contribution in [0.4, 0.5) is 4.39 Å². The van der Waals surface area contributed by atoms with Gasteiger partial charge in [-0.05, 0) is 43.5 Å². The fourth-order valence-corrected chi connectivity index (χ4v) is 2.82. The number of halogens is 1. The van der Waals surface area contributed by atoms with Crippen LogP contribution in [-0.4, -0.2) is 13.2 Å². The van der Waals surface area contributed by atoms with Crippen LogP contribution < -0.4 is 10.5 Å². The summed E-state index contributed by atoms with van der Waals surface area (Å²) in [5.41, 5.74) is 6.86. The zero-order valence-electron chi connectivity index (χ0n) is 8.50. The number of hydrogen-bond donors (Lipinski definition) is 1. The van der Waals surface area contributed by atoms with Gasteiger partial charge >= 0.3 is 0 Å². The maximum absolute atomic E-state index is 13.2. The van der Waals surface area contributed by atoms with E-state index in [-0.39, 0.29) is 11.2 Å². The predicted molar refractivity (Wildman–Crippen MR) is 55.4 cm³/mol. The summed E-state index contributed by atoms with van der Waals surface area (Å²) in [6.07, 6.45) is 2.06. The van der Waals surface area contributed by atoms with Gasteiger partial charge in [-0.3, -0.25) is 0 Å². The van der Waals surface area contributed by atoms with Crippen LogP contribution >= 0.6 is 0 Å². The molecule has 0 unspecified atom stereocenters. The molecule has 2 atom stereocenters. The molecule has 80 valence electrons. The SMILES string of the molecule is NC[C@H]1C[C@]12CCOc1ccc(F)cc12. The molecule has 15 heavy (non-hydrogen) atoms. The number of benzene rings is 1. The van der Waals surface area contributed by atoms with E-state index in [9.17, 15) is 4.39 Å². The van der Waals surface area contributed by atoms with Gasteiger partial charge < -0.3 is 10.5 Å². The monoisotopic (exact) mass is 207 g/mol. The topological polar surface area (TPSA) is 35.2 Å². The van der Waals surface area contributed by atoms with Crippen molar-refractivity contribution in [2.45, 2.75) is 18.3 Å². The Morgan fingerprint density at radius 3 is 3.13 bits per heavy atom. The van der Waals surface area contributed by atoms with Crippen molar-refractivity contribution in [3.63, 3.8) is 0 Å². The van der Waals surface area contributed by atoms with E-state index in [2.05, 4.69) is 0 Å². The lowest BCUT2D eigenvalue weighted by Gasteiger charge is -2.26. The highest BCUT2D eigenvalue weighted by molar-refractivity contribution is 5.46.